The number of unbranched alkanes of at least 4 members (excludes halogenated alkanes) is 7. The molecule has 0 spiro atoms. The third kappa shape index (κ3) is 6.50. The zero-order chi connectivity index (χ0) is 24.1. The van der Waals surface area contributed by atoms with Crippen LogP contribution in [0.25, 0.3) is 10.8 Å². The molecule has 0 aromatic heterocycles. The van der Waals surface area contributed by atoms with E-state index < -0.39 is 17.8 Å². The van der Waals surface area contributed by atoms with Crippen molar-refractivity contribution in [1.29, 1.82) is 0 Å². The van der Waals surface area contributed by atoms with E-state index in [1.54, 1.807) is 19.9 Å². The number of hydrogen-bond acceptors (Lipinski definition) is 2. The fourth-order valence-electron chi connectivity index (χ4n) is 4.89. The Hall–Kier alpha value is -2.08. The molecule has 1 N–H and O–H groups in total. The number of benzene rings is 2. The number of aryl methyl sites for hydroxylation is 1. The number of nitrogens with zero attached hydrogens (tertiary/aromatic N) is 1. The number of nitrogens with one attached hydrogen (secondary N) is 1. The van der Waals surface area contributed by atoms with Gasteiger partial charge in [0.15, 0.2) is 6.04 Å². The molecule has 1 aliphatic rings. The lowest BCUT2D eigenvalue weighted by atomic mass is 9.92. The molecule has 1 unspecified atom stereocenters. The maximum atomic E-state index is 14.3. The van der Waals surface area contributed by atoms with Gasteiger partial charge in [-0.1, -0.05) is 88.3 Å². The van der Waals surface area contributed by atoms with Crippen LogP contribution in [0.2, 0.25) is 0 Å². The van der Waals surface area contributed by atoms with Crippen LogP contribution in [0.3, 0.4) is 0 Å². The summed E-state index contributed by atoms with van der Waals surface area (Å²) in [6.07, 6.45) is 6.45. The fraction of sp³-hybridized carbons (Fsp3) is 0.593. The number of carbonyl (C=O) groups is 1. The average molecular weight is 463 g/mol. The molecule has 1 heterocycles. The van der Waals surface area contributed by atoms with E-state index in [-0.39, 0.29) is 17.9 Å². The van der Waals surface area contributed by atoms with E-state index in [4.69, 9.17) is 0 Å². The minimum atomic E-state index is -4.53. The first kappa shape index (κ1) is 25.5. The number of hydrogen-bond donors (Lipinski definition) is 1. The summed E-state index contributed by atoms with van der Waals surface area (Å²) in [5, 5.41) is 2.47. The number of hydrazine groups is 1. The fourth-order valence-corrected chi connectivity index (χ4v) is 4.89. The second kappa shape index (κ2) is 10.9. The van der Waals surface area contributed by atoms with Crippen LogP contribution in [-0.2, 0) is 11.2 Å². The summed E-state index contributed by atoms with van der Waals surface area (Å²) >= 11 is 0. The second-order valence-electron chi connectivity index (χ2n) is 9.97. The van der Waals surface area contributed by atoms with Crippen LogP contribution in [0.5, 0.6) is 0 Å². The van der Waals surface area contributed by atoms with Gasteiger partial charge in [0.25, 0.3) is 0 Å². The Balaban J connectivity index is 1.74. The van der Waals surface area contributed by atoms with E-state index in [9.17, 15) is 18.0 Å². The Labute approximate surface area is 195 Å². The summed E-state index contributed by atoms with van der Waals surface area (Å²) in [5.74, 6) is -0.387. The number of amides is 1. The van der Waals surface area contributed by atoms with Gasteiger partial charge in [0.05, 0.1) is 0 Å². The SMILES string of the molecule is CCCCCCCCCCc1ccc2c(C(N3NC(=O)CC3(C)C)C(F)(F)F)cccc2c1. The number of halogens is 3. The Bertz CT molecular complexity index is 939. The highest BCUT2D eigenvalue weighted by Gasteiger charge is 2.53. The summed E-state index contributed by atoms with van der Waals surface area (Å²) in [6, 6.07) is 8.96. The molecule has 1 saturated heterocycles. The summed E-state index contributed by atoms with van der Waals surface area (Å²) in [4.78, 5) is 11.9. The van der Waals surface area contributed by atoms with Crippen molar-refractivity contribution in [2.75, 3.05) is 0 Å². The van der Waals surface area contributed by atoms with Crippen LogP contribution in [0.1, 0.15) is 95.7 Å². The molecular weight excluding hydrogens is 425 g/mol. The zero-order valence-electron chi connectivity index (χ0n) is 20.1. The molecule has 6 heteroatoms. The second-order valence-corrected chi connectivity index (χ2v) is 9.97. The van der Waals surface area contributed by atoms with Crippen molar-refractivity contribution in [3.05, 3.63) is 47.5 Å². The predicted molar refractivity (Wildman–Crippen MR) is 128 cm³/mol. The Morgan fingerprint density at radius 1 is 1.00 bits per heavy atom. The highest BCUT2D eigenvalue weighted by atomic mass is 19.4. The quantitative estimate of drug-likeness (QED) is 0.348. The van der Waals surface area contributed by atoms with E-state index in [0.29, 0.717) is 5.39 Å². The molecule has 1 fully saturated rings. The topological polar surface area (TPSA) is 32.3 Å². The molecular formula is C27H37F3N2O. The van der Waals surface area contributed by atoms with Crippen molar-refractivity contribution < 1.29 is 18.0 Å². The molecule has 2 aromatic rings. The van der Waals surface area contributed by atoms with E-state index in [2.05, 4.69) is 12.3 Å². The molecule has 3 rings (SSSR count). The first-order valence-electron chi connectivity index (χ1n) is 12.3. The van der Waals surface area contributed by atoms with Crippen LogP contribution in [0.4, 0.5) is 13.2 Å². The van der Waals surface area contributed by atoms with Crippen molar-refractivity contribution in [1.82, 2.24) is 10.4 Å². The van der Waals surface area contributed by atoms with Gasteiger partial charge in [-0.25, -0.2) is 0 Å². The van der Waals surface area contributed by atoms with Gasteiger partial charge < -0.3 is 0 Å². The number of fused-ring (bicyclic) bond motifs is 1. The van der Waals surface area contributed by atoms with Gasteiger partial charge in [0, 0.05) is 12.0 Å². The largest absolute Gasteiger partial charge is 0.409 e. The Kier molecular flexibility index (Phi) is 8.43. The van der Waals surface area contributed by atoms with Crippen LogP contribution in [0.15, 0.2) is 36.4 Å². The van der Waals surface area contributed by atoms with Crippen molar-refractivity contribution in [3.63, 3.8) is 0 Å². The molecule has 0 radical (unpaired) electrons. The predicted octanol–water partition coefficient (Wildman–Crippen LogP) is 7.64. The van der Waals surface area contributed by atoms with Crippen molar-refractivity contribution in [3.8, 4) is 0 Å². The minimum Gasteiger partial charge on any atom is -0.287 e. The normalized spacial score (nSPS) is 17.5. The zero-order valence-corrected chi connectivity index (χ0v) is 20.1. The molecule has 0 saturated carbocycles. The molecule has 1 atom stereocenters. The van der Waals surface area contributed by atoms with Crippen LogP contribution < -0.4 is 5.43 Å². The first-order chi connectivity index (χ1) is 15.6. The molecule has 0 aliphatic carbocycles. The van der Waals surface area contributed by atoms with Crippen molar-refractivity contribution in [2.45, 2.75) is 103 Å². The highest BCUT2D eigenvalue weighted by molar-refractivity contribution is 5.87. The lowest BCUT2D eigenvalue weighted by Gasteiger charge is -2.38. The molecule has 3 nitrogen and oxygen atoms in total. The van der Waals surface area contributed by atoms with Gasteiger partial charge in [-0.2, -0.15) is 18.2 Å². The van der Waals surface area contributed by atoms with E-state index in [0.717, 1.165) is 28.8 Å². The number of alkyl halides is 3. The Morgan fingerprint density at radius 3 is 2.27 bits per heavy atom. The third-order valence-electron chi connectivity index (χ3n) is 6.65. The molecule has 182 valence electrons. The average Bonchev–Trinajstić information content (AvgIpc) is 3.00. The minimum absolute atomic E-state index is 0.0348. The maximum Gasteiger partial charge on any atom is 0.409 e. The smallest absolute Gasteiger partial charge is 0.287 e. The lowest BCUT2D eigenvalue weighted by molar-refractivity contribution is -0.203. The molecule has 2 aromatic carbocycles. The summed E-state index contributed by atoms with van der Waals surface area (Å²) in [7, 11) is 0. The molecule has 1 aliphatic heterocycles. The number of rotatable bonds is 11. The van der Waals surface area contributed by atoms with Crippen LogP contribution >= 0.6 is 0 Å². The molecule has 1 amide bonds. The molecule has 33 heavy (non-hydrogen) atoms. The first-order valence-corrected chi connectivity index (χ1v) is 12.3. The number of carbonyl (C=O) groups excluding carboxylic acids is 1. The third-order valence-corrected chi connectivity index (χ3v) is 6.65. The van der Waals surface area contributed by atoms with E-state index in [1.165, 1.54) is 51.0 Å². The van der Waals surface area contributed by atoms with Gasteiger partial charge in [0.2, 0.25) is 5.91 Å². The van der Waals surface area contributed by atoms with Gasteiger partial charge in [-0.3, -0.25) is 10.2 Å². The summed E-state index contributed by atoms with van der Waals surface area (Å²) in [5.41, 5.74) is 2.85. The van der Waals surface area contributed by atoms with Crippen LogP contribution in [-0.4, -0.2) is 22.6 Å². The monoisotopic (exact) mass is 462 g/mol. The van der Waals surface area contributed by atoms with Crippen LogP contribution in [0, 0.1) is 0 Å². The van der Waals surface area contributed by atoms with E-state index >= 15 is 0 Å². The van der Waals surface area contributed by atoms with Gasteiger partial charge >= 0.3 is 6.18 Å². The Morgan fingerprint density at radius 2 is 1.67 bits per heavy atom. The summed E-state index contributed by atoms with van der Waals surface area (Å²) < 4.78 is 42.8. The van der Waals surface area contributed by atoms with Crippen molar-refractivity contribution in [2.24, 2.45) is 0 Å². The standard InChI is InChI=1S/C27H37F3N2O/c1-4-5-6-7-8-9-10-11-13-20-16-17-22-21(18-20)14-12-15-23(22)25(27(28,29)30)32-26(2,3)19-24(33)31-32/h12,14-18,25H,4-11,13,19H2,1-3H3,(H,31,33). The molecule has 0 bridgehead atoms. The van der Waals surface area contributed by atoms with Gasteiger partial charge in [0.1, 0.15) is 0 Å². The highest BCUT2D eigenvalue weighted by Crippen LogP contribution is 2.44. The maximum absolute atomic E-state index is 14.3. The lowest BCUT2D eigenvalue weighted by Crippen LogP contribution is -2.51. The summed E-state index contributed by atoms with van der Waals surface area (Å²) in [6.45, 7) is 5.55. The van der Waals surface area contributed by atoms with Gasteiger partial charge in [-0.15, -0.1) is 0 Å². The van der Waals surface area contributed by atoms with Crippen molar-refractivity contribution >= 4 is 16.7 Å². The van der Waals surface area contributed by atoms with E-state index in [1.807, 2.05) is 24.3 Å². The van der Waals surface area contributed by atoms with Gasteiger partial charge in [-0.05, 0) is 48.6 Å².